The van der Waals surface area contributed by atoms with Crippen molar-refractivity contribution in [3.63, 3.8) is 0 Å². The summed E-state index contributed by atoms with van der Waals surface area (Å²) in [6.45, 7) is 6.45. The Labute approximate surface area is 104 Å². The van der Waals surface area contributed by atoms with Crippen LogP contribution in [0.2, 0.25) is 0 Å². The highest BCUT2D eigenvalue weighted by molar-refractivity contribution is 5.90. The summed E-state index contributed by atoms with van der Waals surface area (Å²) < 4.78 is 0. The van der Waals surface area contributed by atoms with Crippen molar-refractivity contribution in [3.8, 4) is 0 Å². The number of hydrogen-bond acceptors (Lipinski definition) is 1. The normalized spacial score (nSPS) is 10.6. The maximum atomic E-state index is 11.7. The first-order valence-electron chi connectivity index (χ1n) is 6.53. The standard InChI is InChI=1S/C15H23NO/c1-4-5-6-10-15(17)16-14-9-7-8-13(11-14)12(2)3/h7-9,11-12H,4-6,10H2,1-3H3,(H,16,17). The first kappa shape index (κ1) is 13.8. The Kier molecular flexibility index (Phi) is 5.75. The van der Waals surface area contributed by atoms with Crippen molar-refractivity contribution in [2.75, 3.05) is 5.32 Å². The monoisotopic (exact) mass is 233 g/mol. The van der Waals surface area contributed by atoms with E-state index in [2.05, 4.69) is 38.2 Å². The van der Waals surface area contributed by atoms with Gasteiger partial charge in [-0.25, -0.2) is 0 Å². The van der Waals surface area contributed by atoms with Crippen molar-refractivity contribution < 1.29 is 4.79 Å². The van der Waals surface area contributed by atoms with Crippen LogP contribution >= 0.6 is 0 Å². The van der Waals surface area contributed by atoms with Gasteiger partial charge in [0.2, 0.25) is 5.91 Å². The number of benzene rings is 1. The molecular weight excluding hydrogens is 210 g/mol. The van der Waals surface area contributed by atoms with Gasteiger partial charge in [-0.1, -0.05) is 45.7 Å². The lowest BCUT2D eigenvalue weighted by atomic mass is 10.0. The molecule has 2 nitrogen and oxygen atoms in total. The molecule has 2 heteroatoms. The van der Waals surface area contributed by atoms with Crippen molar-refractivity contribution in [2.45, 2.75) is 52.4 Å². The van der Waals surface area contributed by atoms with E-state index in [1.807, 2.05) is 12.1 Å². The summed E-state index contributed by atoms with van der Waals surface area (Å²) in [5, 5.41) is 2.96. The second-order valence-corrected chi connectivity index (χ2v) is 4.79. The lowest BCUT2D eigenvalue weighted by Gasteiger charge is -2.09. The van der Waals surface area contributed by atoms with Crippen molar-refractivity contribution in [1.82, 2.24) is 0 Å². The van der Waals surface area contributed by atoms with Crippen LogP contribution in [0.15, 0.2) is 24.3 Å². The summed E-state index contributed by atoms with van der Waals surface area (Å²) in [4.78, 5) is 11.7. The van der Waals surface area contributed by atoms with Gasteiger partial charge in [-0.05, 0) is 30.0 Å². The zero-order valence-electron chi connectivity index (χ0n) is 11.1. The van der Waals surface area contributed by atoms with Gasteiger partial charge in [0.05, 0.1) is 0 Å². The third-order valence-electron chi connectivity index (χ3n) is 2.84. The second kappa shape index (κ2) is 7.10. The highest BCUT2D eigenvalue weighted by atomic mass is 16.1. The van der Waals surface area contributed by atoms with Crippen LogP contribution in [-0.4, -0.2) is 5.91 Å². The van der Waals surface area contributed by atoms with Gasteiger partial charge in [0.1, 0.15) is 0 Å². The van der Waals surface area contributed by atoms with Crippen LogP contribution in [0.1, 0.15) is 57.9 Å². The molecule has 0 aliphatic rings. The first-order valence-corrected chi connectivity index (χ1v) is 6.53. The van der Waals surface area contributed by atoms with Gasteiger partial charge < -0.3 is 5.32 Å². The van der Waals surface area contributed by atoms with Crippen LogP contribution in [0.25, 0.3) is 0 Å². The highest BCUT2D eigenvalue weighted by Gasteiger charge is 2.04. The van der Waals surface area contributed by atoms with Gasteiger partial charge >= 0.3 is 0 Å². The van der Waals surface area contributed by atoms with Gasteiger partial charge in [-0.15, -0.1) is 0 Å². The molecule has 0 saturated heterocycles. The number of amides is 1. The van der Waals surface area contributed by atoms with Gasteiger partial charge in [0.15, 0.2) is 0 Å². The molecule has 0 atom stereocenters. The lowest BCUT2D eigenvalue weighted by Crippen LogP contribution is -2.11. The summed E-state index contributed by atoms with van der Waals surface area (Å²) >= 11 is 0. The molecule has 0 bridgehead atoms. The minimum absolute atomic E-state index is 0.124. The minimum atomic E-state index is 0.124. The Balaban J connectivity index is 2.50. The van der Waals surface area contributed by atoms with Gasteiger partial charge in [-0.2, -0.15) is 0 Å². The van der Waals surface area contributed by atoms with E-state index in [-0.39, 0.29) is 5.91 Å². The molecule has 1 amide bonds. The molecule has 0 aliphatic heterocycles. The molecule has 0 fully saturated rings. The highest BCUT2D eigenvalue weighted by Crippen LogP contribution is 2.18. The summed E-state index contributed by atoms with van der Waals surface area (Å²) in [6.07, 6.45) is 3.88. The van der Waals surface area contributed by atoms with E-state index >= 15 is 0 Å². The van der Waals surface area contributed by atoms with Crippen LogP contribution in [0.4, 0.5) is 5.69 Å². The number of carbonyl (C=O) groups excluding carboxylic acids is 1. The van der Waals surface area contributed by atoms with Gasteiger partial charge in [0.25, 0.3) is 0 Å². The van der Waals surface area contributed by atoms with Crippen LogP contribution in [0, 0.1) is 0 Å². The zero-order valence-corrected chi connectivity index (χ0v) is 11.1. The quantitative estimate of drug-likeness (QED) is 0.728. The van der Waals surface area contributed by atoms with Gasteiger partial charge in [-0.3, -0.25) is 4.79 Å². The molecule has 1 aromatic carbocycles. The molecule has 0 radical (unpaired) electrons. The second-order valence-electron chi connectivity index (χ2n) is 4.79. The number of anilines is 1. The number of hydrogen-bond donors (Lipinski definition) is 1. The number of rotatable bonds is 6. The predicted molar refractivity (Wildman–Crippen MR) is 73.3 cm³/mol. The molecule has 0 saturated carbocycles. The molecular formula is C15H23NO. The van der Waals surface area contributed by atoms with E-state index in [4.69, 9.17) is 0 Å². The van der Waals surface area contributed by atoms with Crippen molar-refractivity contribution in [1.29, 1.82) is 0 Å². The molecule has 94 valence electrons. The maximum absolute atomic E-state index is 11.7. The Morgan fingerprint density at radius 2 is 2.06 bits per heavy atom. The number of unbranched alkanes of at least 4 members (excludes halogenated alkanes) is 2. The van der Waals surface area contributed by atoms with Crippen molar-refractivity contribution >= 4 is 11.6 Å². The van der Waals surface area contributed by atoms with E-state index in [0.29, 0.717) is 12.3 Å². The summed E-state index contributed by atoms with van der Waals surface area (Å²) in [5.74, 6) is 0.617. The Morgan fingerprint density at radius 3 is 2.71 bits per heavy atom. The van der Waals surface area contributed by atoms with Crippen LogP contribution in [0.5, 0.6) is 0 Å². The molecule has 1 aromatic rings. The third kappa shape index (κ3) is 5.03. The van der Waals surface area contributed by atoms with E-state index in [1.165, 1.54) is 5.56 Å². The third-order valence-corrected chi connectivity index (χ3v) is 2.84. The minimum Gasteiger partial charge on any atom is -0.326 e. The summed E-state index contributed by atoms with van der Waals surface area (Å²) in [7, 11) is 0. The molecule has 0 unspecified atom stereocenters. The van der Waals surface area contributed by atoms with Gasteiger partial charge in [0, 0.05) is 12.1 Å². The Bertz CT molecular complexity index is 358. The van der Waals surface area contributed by atoms with Crippen molar-refractivity contribution in [3.05, 3.63) is 29.8 Å². The number of carbonyl (C=O) groups is 1. The molecule has 1 rings (SSSR count). The molecule has 0 spiro atoms. The first-order chi connectivity index (χ1) is 8.13. The maximum Gasteiger partial charge on any atom is 0.224 e. The molecule has 0 aromatic heterocycles. The summed E-state index contributed by atoms with van der Waals surface area (Å²) in [6, 6.07) is 8.10. The molecule has 17 heavy (non-hydrogen) atoms. The Morgan fingerprint density at radius 1 is 1.29 bits per heavy atom. The SMILES string of the molecule is CCCCCC(=O)Nc1cccc(C(C)C)c1. The fraction of sp³-hybridized carbons (Fsp3) is 0.533. The molecule has 1 N–H and O–H groups in total. The predicted octanol–water partition coefficient (Wildman–Crippen LogP) is 4.33. The topological polar surface area (TPSA) is 29.1 Å². The fourth-order valence-electron chi connectivity index (χ4n) is 1.73. The average Bonchev–Trinajstić information content (AvgIpc) is 2.29. The molecule has 0 aliphatic carbocycles. The van der Waals surface area contributed by atoms with E-state index in [1.54, 1.807) is 0 Å². The van der Waals surface area contributed by atoms with E-state index < -0.39 is 0 Å². The fourth-order valence-corrected chi connectivity index (χ4v) is 1.73. The molecule has 0 heterocycles. The van der Waals surface area contributed by atoms with E-state index in [0.717, 1.165) is 24.9 Å². The average molecular weight is 233 g/mol. The van der Waals surface area contributed by atoms with E-state index in [9.17, 15) is 4.79 Å². The van der Waals surface area contributed by atoms with Crippen LogP contribution in [-0.2, 0) is 4.79 Å². The number of nitrogens with one attached hydrogen (secondary N) is 1. The zero-order chi connectivity index (χ0) is 12.7. The lowest BCUT2D eigenvalue weighted by molar-refractivity contribution is -0.116. The van der Waals surface area contributed by atoms with Crippen LogP contribution < -0.4 is 5.32 Å². The Hall–Kier alpha value is -1.31. The summed E-state index contributed by atoms with van der Waals surface area (Å²) in [5.41, 5.74) is 2.18. The van der Waals surface area contributed by atoms with Crippen LogP contribution in [0.3, 0.4) is 0 Å². The van der Waals surface area contributed by atoms with Crippen molar-refractivity contribution in [2.24, 2.45) is 0 Å². The smallest absolute Gasteiger partial charge is 0.224 e. The largest absolute Gasteiger partial charge is 0.326 e.